The molecule has 3 rings (SSSR count). The first-order valence-electron chi connectivity index (χ1n) is 8.56. The summed E-state index contributed by atoms with van der Waals surface area (Å²) in [6.07, 6.45) is 0. The van der Waals surface area contributed by atoms with Crippen molar-refractivity contribution in [3.05, 3.63) is 118 Å². The van der Waals surface area contributed by atoms with E-state index in [1.807, 2.05) is 42.5 Å². The van der Waals surface area contributed by atoms with Gasteiger partial charge in [-0.3, -0.25) is 14.9 Å². The third-order valence-corrected chi connectivity index (χ3v) is 5.50. The first-order chi connectivity index (χ1) is 13.1. The lowest BCUT2D eigenvalue weighted by Crippen LogP contribution is -2.31. The fourth-order valence-electron chi connectivity index (χ4n) is 3.22. The Labute approximate surface area is 166 Å². The molecule has 0 spiro atoms. The fourth-order valence-corrected chi connectivity index (χ4v) is 4.08. The molecule has 3 aromatic rings. The Kier molecular flexibility index (Phi) is 6.14. The summed E-state index contributed by atoms with van der Waals surface area (Å²) >= 11 is 3.50. The number of nitrogens with zero attached hydrogens (tertiary/aromatic N) is 1. The van der Waals surface area contributed by atoms with Crippen molar-refractivity contribution in [2.45, 2.75) is 16.8 Å². The number of carbonyl (C=O) groups excluding carboxylic acids is 1. The summed E-state index contributed by atoms with van der Waals surface area (Å²) in [5.74, 6) is -0.830. The Morgan fingerprint density at radius 1 is 0.778 bits per heavy atom. The molecule has 4 nitrogen and oxygen atoms in total. The molecule has 0 saturated carbocycles. The van der Waals surface area contributed by atoms with E-state index >= 15 is 0 Å². The fraction of sp³-hybridized carbons (Fsp3) is 0.136. The van der Waals surface area contributed by atoms with Crippen LogP contribution in [0.1, 0.15) is 33.4 Å². The number of carbonyl (C=O) groups is 1. The topological polar surface area (TPSA) is 60.2 Å². The second-order valence-electron chi connectivity index (χ2n) is 6.21. The highest BCUT2D eigenvalue weighted by Gasteiger charge is 2.42. The van der Waals surface area contributed by atoms with Gasteiger partial charge in [0.05, 0.1) is 10.7 Å². The standard InChI is InChI=1S/C22H18BrNO3/c23-20(22(25)18-14-8-3-9-15-18)19(16-10-4-1-5-11-16)21(24(26)27)17-12-6-2-7-13-17/h1-15,19-21H/t19-,20+,21+/m1/s1. The number of benzene rings is 3. The summed E-state index contributed by atoms with van der Waals surface area (Å²) < 4.78 is 0. The zero-order valence-electron chi connectivity index (χ0n) is 14.4. The number of ketones is 1. The minimum atomic E-state index is -1.05. The molecule has 0 aliphatic rings. The van der Waals surface area contributed by atoms with Gasteiger partial charge in [0.2, 0.25) is 6.04 Å². The van der Waals surface area contributed by atoms with Gasteiger partial charge < -0.3 is 0 Å². The SMILES string of the molecule is O=C(c1ccccc1)[C@@H](Br)[C@@H](c1ccccc1)[C@H](c1ccccc1)[N+](=O)[O-]. The predicted octanol–water partition coefficient (Wildman–Crippen LogP) is 5.43. The number of alkyl halides is 1. The summed E-state index contributed by atoms with van der Waals surface area (Å²) in [6.45, 7) is 0. The summed E-state index contributed by atoms with van der Waals surface area (Å²) in [5.41, 5.74) is 1.84. The molecule has 3 aromatic carbocycles. The maximum absolute atomic E-state index is 13.0. The van der Waals surface area contributed by atoms with Crippen molar-refractivity contribution in [1.29, 1.82) is 0 Å². The number of hydrogen-bond donors (Lipinski definition) is 0. The number of Topliss-reactive ketones (excluding diaryl/α,β-unsaturated/α-hetero) is 1. The van der Waals surface area contributed by atoms with Crippen LogP contribution < -0.4 is 0 Å². The van der Waals surface area contributed by atoms with Gasteiger partial charge in [0, 0.05) is 16.1 Å². The van der Waals surface area contributed by atoms with E-state index in [1.165, 1.54) is 0 Å². The van der Waals surface area contributed by atoms with E-state index < -0.39 is 16.8 Å². The van der Waals surface area contributed by atoms with Gasteiger partial charge in [0.1, 0.15) is 0 Å². The molecule has 0 unspecified atom stereocenters. The summed E-state index contributed by atoms with van der Waals surface area (Å²) in [7, 11) is 0. The Morgan fingerprint density at radius 2 is 1.22 bits per heavy atom. The largest absolute Gasteiger partial charge is 0.293 e. The smallest absolute Gasteiger partial charge is 0.246 e. The number of hydrogen-bond acceptors (Lipinski definition) is 3. The molecule has 0 aliphatic heterocycles. The van der Waals surface area contributed by atoms with Gasteiger partial charge in [-0.05, 0) is 5.56 Å². The maximum atomic E-state index is 13.0. The monoisotopic (exact) mass is 423 g/mol. The van der Waals surface area contributed by atoms with Gasteiger partial charge in [-0.2, -0.15) is 0 Å². The van der Waals surface area contributed by atoms with E-state index in [-0.39, 0.29) is 10.7 Å². The third-order valence-electron chi connectivity index (χ3n) is 4.52. The van der Waals surface area contributed by atoms with Gasteiger partial charge in [0.25, 0.3) is 0 Å². The molecular formula is C22H18BrNO3. The summed E-state index contributed by atoms with van der Waals surface area (Å²) in [4.78, 5) is 24.1. The van der Waals surface area contributed by atoms with E-state index in [1.54, 1.807) is 48.5 Å². The minimum absolute atomic E-state index is 0.174. The van der Waals surface area contributed by atoms with E-state index in [0.717, 1.165) is 5.56 Å². The lowest BCUT2D eigenvalue weighted by Gasteiger charge is -2.25. The quantitative estimate of drug-likeness (QED) is 0.220. The van der Waals surface area contributed by atoms with Crippen LogP contribution in [0.5, 0.6) is 0 Å². The molecule has 0 bridgehead atoms. The maximum Gasteiger partial charge on any atom is 0.246 e. The molecule has 5 heteroatoms. The molecule has 27 heavy (non-hydrogen) atoms. The zero-order valence-corrected chi connectivity index (χ0v) is 16.0. The molecule has 3 atom stereocenters. The van der Waals surface area contributed by atoms with Gasteiger partial charge in [0.15, 0.2) is 5.78 Å². The van der Waals surface area contributed by atoms with Crippen molar-refractivity contribution in [2.24, 2.45) is 0 Å². The average Bonchev–Trinajstić information content (AvgIpc) is 2.72. The summed E-state index contributed by atoms with van der Waals surface area (Å²) in [6, 6.07) is 25.8. The molecule has 0 aromatic heterocycles. The molecule has 0 aliphatic carbocycles. The second-order valence-corrected chi connectivity index (χ2v) is 7.20. The van der Waals surface area contributed by atoms with Crippen LogP contribution in [-0.4, -0.2) is 15.5 Å². The molecule has 136 valence electrons. The normalized spacial score (nSPS) is 14.1. The van der Waals surface area contributed by atoms with E-state index in [2.05, 4.69) is 15.9 Å². The Morgan fingerprint density at radius 3 is 1.70 bits per heavy atom. The van der Waals surface area contributed by atoms with Crippen LogP contribution in [0.4, 0.5) is 0 Å². The van der Waals surface area contributed by atoms with Gasteiger partial charge >= 0.3 is 0 Å². The van der Waals surface area contributed by atoms with Crippen molar-refractivity contribution in [3.8, 4) is 0 Å². The Bertz CT molecular complexity index is 901. The number of halogens is 1. The first-order valence-corrected chi connectivity index (χ1v) is 9.48. The molecular weight excluding hydrogens is 406 g/mol. The highest BCUT2D eigenvalue weighted by Crippen LogP contribution is 2.40. The van der Waals surface area contributed by atoms with Crippen LogP contribution in [0.2, 0.25) is 0 Å². The van der Waals surface area contributed by atoms with Crippen molar-refractivity contribution < 1.29 is 9.72 Å². The molecule has 0 N–H and O–H groups in total. The minimum Gasteiger partial charge on any atom is -0.293 e. The Hall–Kier alpha value is -2.79. The molecule has 0 amide bonds. The van der Waals surface area contributed by atoms with Crippen molar-refractivity contribution in [1.82, 2.24) is 0 Å². The van der Waals surface area contributed by atoms with E-state index in [4.69, 9.17) is 0 Å². The van der Waals surface area contributed by atoms with Gasteiger partial charge in [-0.1, -0.05) is 107 Å². The van der Waals surface area contributed by atoms with Crippen LogP contribution >= 0.6 is 15.9 Å². The van der Waals surface area contributed by atoms with Crippen molar-refractivity contribution in [3.63, 3.8) is 0 Å². The highest BCUT2D eigenvalue weighted by molar-refractivity contribution is 9.10. The van der Waals surface area contributed by atoms with Crippen LogP contribution in [0, 0.1) is 10.1 Å². The number of rotatable bonds is 7. The van der Waals surface area contributed by atoms with Crippen molar-refractivity contribution in [2.75, 3.05) is 0 Å². The zero-order chi connectivity index (χ0) is 19.2. The van der Waals surface area contributed by atoms with Crippen LogP contribution in [0.25, 0.3) is 0 Å². The summed E-state index contributed by atoms with van der Waals surface area (Å²) in [5, 5.41) is 12.1. The molecule has 0 saturated heterocycles. The second kappa shape index (κ2) is 8.73. The first kappa shape index (κ1) is 19.0. The Balaban J connectivity index is 2.08. The van der Waals surface area contributed by atoms with E-state index in [9.17, 15) is 14.9 Å². The number of nitro groups is 1. The van der Waals surface area contributed by atoms with Crippen LogP contribution in [-0.2, 0) is 0 Å². The van der Waals surface area contributed by atoms with Crippen molar-refractivity contribution >= 4 is 21.7 Å². The predicted molar refractivity (Wildman–Crippen MR) is 109 cm³/mol. The van der Waals surface area contributed by atoms with Crippen LogP contribution in [0.3, 0.4) is 0 Å². The lowest BCUT2D eigenvalue weighted by atomic mass is 9.82. The lowest BCUT2D eigenvalue weighted by molar-refractivity contribution is -0.533. The van der Waals surface area contributed by atoms with Gasteiger partial charge in [-0.15, -0.1) is 0 Å². The van der Waals surface area contributed by atoms with Crippen LogP contribution in [0.15, 0.2) is 91.0 Å². The highest BCUT2D eigenvalue weighted by atomic mass is 79.9. The van der Waals surface area contributed by atoms with E-state index in [0.29, 0.717) is 11.1 Å². The average molecular weight is 424 g/mol. The molecule has 0 fully saturated rings. The molecule has 0 radical (unpaired) electrons. The third kappa shape index (κ3) is 4.31. The van der Waals surface area contributed by atoms with Gasteiger partial charge in [-0.25, -0.2) is 0 Å². The molecule has 0 heterocycles.